The smallest absolute Gasteiger partial charge is 0.275 e. The Morgan fingerprint density at radius 2 is 1.79 bits per heavy atom. The van der Waals surface area contributed by atoms with E-state index in [9.17, 15) is 4.79 Å². The number of fused-ring (bicyclic) bond motifs is 1. The molecule has 0 spiro atoms. The van der Waals surface area contributed by atoms with Crippen LogP contribution in [-0.2, 0) is 0 Å². The second-order valence-corrected chi connectivity index (χ2v) is 6.86. The van der Waals surface area contributed by atoms with Gasteiger partial charge in [-0.15, -0.1) is 0 Å². The fraction of sp³-hybridized carbons (Fsp3) is 0.182. The summed E-state index contributed by atoms with van der Waals surface area (Å²) in [5.41, 5.74) is 3.69. The van der Waals surface area contributed by atoms with E-state index < -0.39 is 0 Å². The number of benzene rings is 3. The monoisotopic (exact) mass is 396 g/mol. The van der Waals surface area contributed by atoms with Crippen LogP contribution < -0.4 is 14.9 Å². The van der Waals surface area contributed by atoms with Crippen LogP contribution in [-0.4, -0.2) is 25.3 Å². The molecule has 0 atom stereocenters. The summed E-state index contributed by atoms with van der Waals surface area (Å²) >= 11 is 6.22. The average Bonchev–Trinajstić information content (AvgIpc) is 2.68. The average molecular weight is 397 g/mol. The van der Waals surface area contributed by atoms with E-state index in [1.165, 1.54) is 13.3 Å². The first kappa shape index (κ1) is 19.7. The highest BCUT2D eigenvalue weighted by molar-refractivity contribution is 6.32. The first-order valence-electron chi connectivity index (χ1n) is 8.84. The maximum atomic E-state index is 12.5. The first-order valence-corrected chi connectivity index (χ1v) is 9.22. The molecule has 1 N–H and O–H groups in total. The Labute approximate surface area is 168 Å². The summed E-state index contributed by atoms with van der Waals surface area (Å²) in [6, 6.07) is 16.7. The van der Waals surface area contributed by atoms with Crippen molar-refractivity contribution in [2.75, 3.05) is 7.11 Å². The number of amides is 1. The third-order valence-electron chi connectivity index (χ3n) is 4.01. The Hall–Kier alpha value is -3.05. The molecule has 0 radical (unpaired) electrons. The molecule has 0 heterocycles. The lowest BCUT2D eigenvalue weighted by molar-refractivity contribution is 0.0952. The van der Waals surface area contributed by atoms with Crippen LogP contribution in [0.2, 0.25) is 5.02 Å². The first-order chi connectivity index (χ1) is 13.5. The molecule has 3 rings (SSSR count). The van der Waals surface area contributed by atoms with Crippen LogP contribution in [0.1, 0.15) is 29.8 Å². The third kappa shape index (κ3) is 4.61. The van der Waals surface area contributed by atoms with Crippen molar-refractivity contribution in [1.82, 2.24) is 5.43 Å². The summed E-state index contributed by atoms with van der Waals surface area (Å²) in [7, 11) is 1.53. The van der Waals surface area contributed by atoms with Gasteiger partial charge in [0.2, 0.25) is 0 Å². The summed E-state index contributed by atoms with van der Waals surface area (Å²) in [5.74, 6) is 0.744. The molecule has 28 heavy (non-hydrogen) atoms. The van der Waals surface area contributed by atoms with E-state index in [0.29, 0.717) is 22.1 Å². The number of carbonyl (C=O) groups is 1. The molecule has 0 fully saturated rings. The van der Waals surface area contributed by atoms with E-state index in [4.69, 9.17) is 21.1 Å². The van der Waals surface area contributed by atoms with Gasteiger partial charge in [-0.05, 0) is 60.5 Å². The molecule has 0 bridgehead atoms. The van der Waals surface area contributed by atoms with E-state index in [-0.39, 0.29) is 12.0 Å². The Morgan fingerprint density at radius 1 is 1.07 bits per heavy atom. The van der Waals surface area contributed by atoms with Crippen LogP contribution in [0.25, 0.3) is 10.8 Å². The summed E-state index contributed by atoms with van der Waals surface area (Å²) < 4.78 is 11.0. The summed E-state index contributed by atoms with van der Waals surface area (Å²) in [5, 5.41) is 6.46. The van der Waals surface area contributed by atoms with Crippen LogP contribution in [0.5, 0.6) is 11.5 Å². The van der Waals surface area contributed by atoms with Crippen molar-refractivity contribution < 1.29 is 14.3 Å². The number of hydrogen-bond donors (Lipinski definition) is 1. The van der Waals surface area contributed by atoms with Gasteiger partial charge in [-0.3, -0.25) is 4.79 Å². The molecular formula is C22H21ClN2O3. The standard InChI is InChI=1S/C22H21ClN2O3/c1-14(2)28-20-9-8-15(10-19(20)23)13-24-25-22(26)18-11-16-6-4-5-7-17(16)12-21(18)27-3/h4-14H,1-3H3,(H,25,26)/b24-13-. The fourth-order valence-electron chi connectivity index (χ4n) is 2.74. The number of methoxy groups -OCH3 is 1. The molecule has 3 aromatic carbocycles. The third-order valence-corrected chi connectivity index (χ3v) is 4.31. The molecule has 1 amide bonds. The number of nitrogens with zero attached hydrogens (tertiary/aromatic N) is 1. The predicted octanol–water partition coefficient (Wildman–Crippen LogP) is 5.05. The van der Waals surface area contributed by atoms with E-state index in [1.807, 2.05) is 50.2 Å². The van der Waals surface area contributed by atoms with Gasteiger partial charge in [0.25, 0.3) is 5.91 Å². The molecule has 0 aromatic heterocycles. The molecule has 0 aliphatic carbocycles. The van der Waals surface area contributed by atoms with Gasteiger partial charge in [-0.2, -0.15) is 5.10 Å². The highest BCUT2D eigenvalue weighted by Gasteiger charge is 2.13. The van der Waals surface area contributed by atoms with Crippen LogP contribution in [0, 0.1) is 0 Å². The zero-order chi connectivity index (χ0) is 20.1. The topological polar surface area (TPSA) is 59.9 Å². The molecule has 0 saturated carbocycles. The van der Waals surface area contributed by atoms with Gasteiger partial charge in [0.1, 0.15) is 11.5 Å². The van der Waals surface area contributed by atoms with Crippen molar-refractivity contribution >= 4 is 34.5 Å². The van der Waals surface area contributed by atoms with Gasteiger partial charge >= 0.3 is 0 Å². The Bertz CT molecular complexity index is 1030. The molecule has 0 saturated heterocycles. The number of hydrogen-bond acceptors (Lipinski definition) is 4. The second kappa shape index (κ2) is 8.76. The maximum absolute atomic E-state index is 12.5. The number of ether oxygens (including phenoxy) is 2. The van der Waals surface area contributed by atoms with Gasteiger partial charge < -0.3 is 9.47 Å². The normalized spacial score (nSPS) is 11.2. The minimum absolute atomic E-state index is 0.0354. The Balaban J connectivity index is 1.75. The lowest BCUT2D eigenvalue weighted by Gasteiger charge is -2.11. The van der Waals surface area contributed by atoms with Crippen LogP contribution >= 0.6 is 11.6 Å². The second-order valence-electron chi connectivity index (χ2n) is 6.46. The van der Waals surface area contributed by atoms with E-state index in [1.54, 1.807) is 18.2 Å². The number of carbonyl (C=O) groups excluding carboxylic acids is 1. The summed E-state index contributed by atoms with van der Waals surface area (Å²) in [6.07, 6.45) is 1.56. The fourth-order valence-corrected chi connectivity index (χ4v) is 2.97. The van der Waals surface area contributed by atoms with E-state index >= 15 is 0 Å². The van der Waals surface area contributed by atoms with Crippen molar-refractivity contribution in [1.29, 1.82) is 0 Å². The lowest BCUT2D eigenvalue weighted by Crippen LogP contribution is -2.18. The quantitative estimate of drug-likeness (QED) is 0.468. The number of nitrogens with one attached hydrogen (secondary N) is 1. The van der Waals surface area contributed by atoms with Crippen molar-refractivity contribution in [3.63, 3.8) is 0 Å². The van der Waals surface area contributed by atoms with Crippen LogP contribution in [0.15, 0.2) is 59.7 Å². The molecular weight excluding hydrogens is 376 g/mol. The van der Waals surface area contributed by atoms with Crippen molar-refractivity contribution in [2.45, 2.75) is 20.0 Å². The molecule has 3 aromatic rings. The minimum Gasteiger partial charge on any atom is -0.496 e. The van der Waals surface area contributed by atoms with Crippen LogP contribution in [0.4, 0.5) is 0 Å². The van der Waals surface area contributed by atoms with Gasteiger partial charge in [-0.1, -0.05) is 35.9 Å². The summed E-state index contributed by atoms with van der Waals surface area (Å²) in [6.45, 7) is 3.87. The maximum Gasteiger partial charge on any atom is 0.275 e. The van der Waals surface area contributed by atoms with Crippen molar-refractivity contribution in [3.05, 3.63) is 70.7 Å². The molecule has 0 aliphatic heterocycles. The molecule has 0 unspecified atom stereocenters. The molecule has 5 nitrogen and oxygen atoms in total. The predicted molar refractivity (Wildman–Crippen MR) is 113 cm³/mol. The Morgan fingerprint density at radius 3 is 2.43 bits per heavy atom. The van der Waals surface area contributed by atoms with Crippen molar-refractivity contribution in [3.8, 4) is 11.5 Å². The zero-order valence-corrected chi connectivity index (χ0v) is 16.7. The highest BCUT2D eigenvalue weighted by atomic mass is 35.5. The molecule has 144 valence electrons. The van der Waals surface area contributed by atoms with E-state index in [2.05, 4.69) is 10.5 Å². The van der Waals surface area contributed by atoms with Crippen molar-refractivity contribution in [2.24, 2.45) is 5.10 Å². The van der Waals surface area contributed by atoms with Crippen LogP contribution in [0.3, 0.4) is 0 Å². The lowest BCUT2D eigenvalue weighted by atomic mass is 10.1. The van der Waals surface area contributed by atoms with Gasteiger partial charge in [0.05, 0.1) is 30.0 Å². The molecule has 6 heteroatoms. The zero-order valence-electron chi connectivity index (χ0n) is 15.9. The number of hydrazone groups is 1. The number of halogens is 1. The minimum atomic E-state index is -0.357. The SMILES string of the molecule is COc1cc2ccccc2cc1C(=O)N/N=C\c1ccc(OC(C)C)c(Cl)c1. The van der Waals surface area contributed by atoms with Gasteiger partial charge in [-0.25, -0.2) is 5.43 Å². The van der Waals surface area contributed by atoms with Gasteiger partial charge in [0, 0.05) is 0 Å². The molecule has 0 aliphatic rings. The summed E-state index contributed by atoms with van der Waals surface area (Å²) in [4.78, 5) is 12.5. The highest BCUT2D eigenvalue weighted by Crippen LogP contribution is 2.27. The Kier molecular flexibility index (Phi) is 6.16. The van der Waals surface area contributed by atoms with E-state index in [0.717, 1.165) is 16.3 Å². The number of rotatable bonds is 6. The van der Waals surface area contributed by atoms with Gasteiger partial charge in [0.15, 0.2) is 0 Å². The largest absolute Gasteiger partial charge is 0.496 e.